The van der Waals surface area contributed by atoms with E-state index in [1.165, 1.54) is 24.3 Å². The number of nitriles is 1. The highest BCUT2D eigenvalue weighted by atomic mass is 19.1. The molecule has 1 heterocycles. The topological polar surface area (TPSA) is 88.5 Å². The molecule has 2 rings (SSSR count). The van der Waals surface area contributed by atoms with Crippen LogP contribution in [0.25, 0.3) is 0 Å². The highest BCUT2D eigenvalue weighted by molar-refractivity contribution is 5.89. The summed E-state index contributed by atoms with van der Waals surface area (Å²) in [4.78, 5) is 27.5. The Labute approximate surface area is 146 Å². The van der Waals surface area contributed by atoms with Gasteiger partial charge in [-0.2, -0.15) is 5.26 Å². The van der Waals surface area contributed by atoms with Crippen LogP contribution in [0.15, 0.2) is 24.3 Å². The van der Waals surface area contributed by atoms with Crippen LogP contribution in [0.3, 0.4) is 0 Å². The van der Waals surface area contributed by atoms with Gasteiger partial charge in [0.2, 0.25) is 5.91 Å². The van der Waals surface area contributed by atoms with E-state index in [0.717, 1.165) is 13.0 Å². The zero-order valence-electron chi connectivity index (χ0n) is 14.2. The second kappa shape index (κ2) is 8.99. The van der Waals surface area contributed by atoms with Crippen molar-refractivity contribution in [3.63, 3.8) is 0 Å². The fourth-order valence-corrected chi connectivity index (χ4v) is 2.63. The van der Waals surface area contributed by atoms with E-state index in [1.54, 1.807) is 11.9 Å². The molecule has 134 valence electrons. The summed E-state index contributed by atoms with van der Waals surface area (Å²) in [6.45, 7) is 2.01. The van der Waals surface area contributed by atoms with Crippen molar-refractivity contribution in [2.45, 2.75) is 18.9 Å². The molecule has 1 atom stereocenters. The van der Waals surface area contributed by atoms with Crippen molar-refractivity contribution < 1.29 is 14.0 Å². The van der Waals surface area contributed by atoms with Gasteiger partial charge in [-0.3, -0.25) is 9.69 Å². The first-order valence-corrected chi connectivity index (χ1v) is 8.14. The number of anilines is 1. The molecule has 0 saturated carbocycles. The maximum Gasteiger partial charge on any atom is 0.319 e. The molecule has 1 aliphatic heterocycles. The predicted octanol–water partition coefficient (Wildman–Crippen LogP) is 1.39. The molecule has 8 heteroatoms. The number of rotatable bonds is 6. The number of carbonyl (C=O) groups excluding carboxylic acids is 2. The molecule has 1 fully saturated rings. The standard InChI is InChI=1S/C17H22FN5O2/c1-22(9-2-8-19)16(24)12-23-10-7-15(11-23)21-17(25)20-14-5-3-13(18)4-6-14/h3-6,15H,2,7,9-12H2,1H3,(H2,20,21,25)/t15-/m0/s1. The van der Waals surface area contributed by atoms with Crippen LogP contribution in [0.1, 0.15) is 12.8 Å². The van der Waals surface area contributed by atoms with Crippen LogP contribution in [-0.2, 0) is 4.79 Å². The van der Waals surface area contributed by atoms with Crippen LogP contribution in [0, 0.1) is 17.1 Å². The molecule has 1 saturated heterocycles. The van der Waals surface area contributed by atoms with Gasteiger partial charge in [0, 0.05) is 38.4 Å². The third kappa shape index (κ3) is 6.04. The lowest BCUT2D eigenvalue weighted by Crippen LogP contribution is -2.42. The molecule has 7 nitrogen and oxygen atoms in total. The minimum atomic E-state index is -0.359. The Morgan fingerprint density at radius 2 is 2.12 bits per heavy atom. The van der Waals surface area contributed by atoms with Gasteiger partial charge in [-0.05, 0) is 30.7 Å². The highest BCUT2D eigenvalue weighted by Gasteiger charge is 2.26. The maximum atomic E-state index is 12.8. The number of hydrogen-bond acceptors (Lipinski definition) is 4. The fourth-order valence-electron chi connectivity index (χ4n) is 2.63. The zero-order chi connectivity index (χ0) is 18.2. The van der Waals surface area contributed by atoms with Gasteiger partial charge in [-0.25, -0.2) is 9.18 Å². The van der Waals surface area contributed by atoms with E-state index in [2.05, 4.69) is 10.6 Å². The number of carbonyl (C=O) groups is 2. The quantitative estimate of drug-likeness (QED) is 0.814. The van der Waals surface area contributed by atoms with Gasteiger partial charge in [0.1, 0.15) is 5.82 Å². The monoisotopic (exact) mass is 347 g/mol. The lowest BCUT2D eigenvalue weighted by Gasteiger charge is -2.21. The number of nitrogens with zero attached hydrogens (tertiary/aromatic N) is 3. The largest absolute Gasteiger partial charge is 0.344 e. The molecule has 0 bridgehead atoms. The third-order valence-corrected chi connectivity index (χ3v) is 4.05. The van der Waals surface area contributed by atoms with Gasteiger partial charge in [0.05, 0.1) is 19.0 Å². The van der Waals surface area contributed by atoms with Crippen LogP contribution in [-0.4, -0.2) is 61.0 Å². The highest BCUT2D eigenvalue weighted by Crippen LogP contribution is 2.11. The van der Waals surface area contributed by atoms with Gasteiger partial charge in [-0.1, -0.05) is 0 Å². The minimum absolute atomic E-state index is 0.0355. The number of amides is 3. The Balaban J connectivity index is 1.73. The number of hydrogen-bond donors (Lipinski definition) is 2. The van der Waals surface area contributed by atoms with Gasteiger partial charge in [-0.15, -0.1) is 0 Å². The molecule has 25 heavy (non-hydrogen) atoms. The van der Waals surface area contributed by atoms with Crippen molar-refractivity contribution in [2.24, 2.45) is 0 Å². The number of nitrogens with one attached hydrogen (secondary N) is 2. The van der Waals surface area contributed by atoms with Crippen molar-refractivity contribution in [3.8, 4) is 6.07 Å². The number of likely N-dealkylation sites (N-methyl/N-ethyl adjacent to an activating group) is 1. The molecule has 1 aromatic carbocycles. The number of halogens is 1. The minimum Gasteiger partial charge on any atom is -0.344 e. The van der Waals surface area contributed by atoms with E-state index >= 15 is 0 Å². The summed E-state index contributed by atoms with van der Waals surface area (Å²) in [5.74, 6) is -0.395. The maximum absolute atomic E-state index is 12.8. The second-order valence-electron chi connectivity index (χ2n) is 6.05. The SMILES string of the molecule is CN(CCC#N)C(=O)CN1CC[C@H](NC(=O)Nc2ccc(F)cc2)C1. The van der Waals surface area contributed by atoms with Crippen molar-refractivity contribution >= 4 is 17.6 Å². The molecule has 2 N–H and O–H groups in total. The molecule has 0 aliphatic carbocycles. The summed E-state index contributed by atoms with van der Waals surface area (Å²) in [7, 11) is 1.68. The normalized spacial score (nSPS) is 16.9. The fraction of sp³-hybridized carbons (Fsp3) is 0.471. The number of benzene rings is 1. The molecule has 1 aromatic rings. The summed E-state index contributed by atoms with van der Waals surface area (Å²) < 4.78 is 12.8. The zero-order valence-corrected chi connectivity index (χ0v) is 14.2. The lowest BCUT2D eigenvalue weighted by molar-refractivity contribution is -0.130. The molecule has 0 radical (unpaired) electrons. The summed E-state index contributed by atoms with van der Waals surface area (Å²) >= 11 is 0. The van der Waals surface area contributed by atoms with E-state index in [4.69, 9.17) is 5.26 Å². The number of urea groups is 1. The first-order chi connectivity index (χ1) is 12.0. The van der Waals surface area contributed by atoms with E-state index in [0.29, 0.717) is 25.2 Å². The van der Waals surface area contributed by atoms with Crippen molar-refractivity contribution in [2.75, 3.05) is 38.5 Å². The Morgan fingerprint density at radius 1 is 1.40 bits per heavy atom. The van der Waals surface area contributed by atoms with Crippen LogP contribution in [0.2, 0.25) is 0 Å². The lowest BCUT2D eigenvalue weighted by atomic mass is 10.3. The summed E-state index contributed by atoms with van der Waals surface area (Å²) in [5.41, 5.74) is 0.517. The molecule has 1 aliphatic rings. The Kier molecular flexibility index (Phi) is 6.71. The third-order valence-electron chi connectivity index (χ3n) is 4.05. The summed E-state index contributed by atoms with van der Waals surface area (Å²) in [6.07, 6.45) is 1.07. The van der Waals surface area contributed by atoms with Crippen LogP contribution in [0.4, 0.5) is 14.9 Å². The predicted molar refractivity (Wildman–Crippen MR) is 91.3 cm³/mol. The van der Waals surface area contributed by atoms with Crippen molar-refractivity contribution in [3.05, 3.63) is 30.1 Å². The van der Waals surface area contributed by atoms with Crippen LogP contribution >= 0.6 is 0 Å². The smallest absolute Gasteiger partial charge is 0.319 e. The first kappa shape index (κ1) is 18.7. The van der Waals surface area contributed by atoms with Gasteiger partial charge < -0.3 is 15.5 Å². The van der Waals surface area contributed by atoms with E-state index in [-0.39, 0.29) is 30.3 Å². The van der Waals surface area contributed by atoms with Crippen molar-refractivity contribution in [1.82, 2.24) is 15.1 Å². The first-order valence-electron chi connectivity index (χ1n) is 8.14. The summed E-state index contributed by atoms with van der Waals surface area (Å²) in [5, 5.41) is 14.1. The van der Waals surface area contributed by atoms with Crippen LogP contribution < -0.4 is 10.6 Å². The van der Waals surface area contributed by atoms with Gasteiger partial charge >= 0.3 is 6.03 Å². The molecule has 3 amide bonds. The van der Waals surface area contributed by atoms with Crippen LogP contribution in [0.5, 0.6) is 0 Å². The number of likely N-dealkylation sites (tertiary alicyclic amines) is 1. The molecular formula is C17H22FN5O2. The molecule has 0 aromatic heterocycles. The Bertz CT molecular complexity index is 643. The van der Waals surface area contributed by atoms with E-state index in [1.807, 2.05) is 11.0 Å². The average Bonchev–Trinajstić information content (AvgIpc) is 3.01. The average molecular weight is 347 g/mol. The van der Waals surface area contributed by atoms with Gasteiger partial charge in [0.15, 0.2) is 0 Å². The second-order valence-corrected chi connectivity index (χ2v) is 6.05. The Morgan fingerprint density at radius 3 is 2.80 bits per heavy atom. The molecule has 0 unspecified atom stereocenters. The van der Waals surface area contributed by atoms with Gasteiger partial charge in [0.25, 0.3) is 0 Å². The molecular weight excluding hydrogens is 325 g/mol. The van der Waals surface area contributed by atoms with E-state index < -0.39 is 0 Å². The summed E-state index contributed by atoms with van der Waals surface area (Å²) in [6, 6.07) is 7.16. The Hall–Kier alpha value is -2.66. The van der Waals surface area contributed by atoms with Crippen molar-refractivity contribution in [1.29, 1.82) is 5.26 Å². The molecule has 0 spiro atoms. The van der Waals surface area contributed by atoms with E-state index in [9.17, 15) is 14.0 Å².